The number of hydrogen-bond acceptors (Lipinski definition) is 4. The van der Waals surface area contributed by atoms with E-state index in [2.05, 4.69) is 5.10 Å². The fourth-order valence-electron chi connectivity index (χ4n) is 0.964. The van der Waals surface area contributed by atoms with Crippen LogP contribution in [-0.4, -0.2) is 27.1 Å². The van der Waals surface area contributed by atoms with Crippen LogP contribution < -0.4 is 5.73 Å². The van der Waals surface area contributed by atoms with E-state index in [1.807, 2.05) is 0 Å². The van der Waals surface area contributed by atoms with E-state index in [0.29, 0.717) is 5.03 Å². The number of aromatic nitrogens is 2. The Morgan fingerprint density at radius 2 is 2.33 bits per heavy atom. The highest BCUT2D eigenvalue weighted by Gasteiger charge is 2.19. The van der Waals surface area contributed by atoms with Gasteiger partial charge in [0.25, 0.3) is 0 Å². The zero-order valence-corrected chi connectivity index (χ0v) is 7.55. The van der Waals surface area contributed by atoms with Gasteiger partial charge in [-0.2, -0.15) is 5.10 Å². The monoisotopic (exact) mass is 187 g/mol. The molecule has 1 aromatic rings. The molecule has 3 N–H and O–H groups in total. The van der Waals surface area contributed by atoms with Gasteiger partial charge >= 0.3 is 5.97 Å². The third-order valence-corrected chi connectivity index (χ3v) is 2.28. The van der Waals surface area contributed by atoms with E-state index >= 15 is 0 Å². The van der Waals surface area contributed by atoms with Crippen molar-refractivity contribution in [3.63, 3.8) is 0 Å². The predicted molar refractivity (Wildman–Crippen MR) is 46.4 cm³/mol. The Hall–Kier alpha value is -1.17. The first-order valence-electron chi connectivity index (χ1n) is 3.17. The second-order valence-corrected chi connectivity index (χ2v) is 2.99. The molecule has 0 saturated heterocycles. The molecule has 5 nitrogen and oxygen atoms in total. The van der Waals surface area contributed by atoms with Crippen molar-refractivity contribution in [2.24, 2.45) is 7.05 Å². The molecule has 0 radical (unpaired) electrons. The average Bonchev–Trinajstić information content (AvgIpc) is 2.24. The molecule has 1 rings (SSSR count). The second-order valence-electron chi connectivity index (χ2n) is 2.20. The summed E-state index contributed by atoms with van der Waals surface area (Å²) in [5.41, 5.74) is 5.48. The van der Waals surface area contributed by atoms with E-state index in [-0.39, 0.29) is 11.4 Å². The Balaban J connectivity index is 3.32. The van der Waals surface area contributed by atoms with Gasteiger partial charge in [0.1, 0.15) is 10.6 Å². The minimum Gasteiger partial charge on any atom is -0.477 e. The number of hydrogen-bond donors (Lipinski definition) is 2. The Morgan fingerprint density at radius 3 is 2.67 bits per heavy atom. The normalized spacial score (nSPS) is 10.2. The topological polar surface area (TPSA) is 81.1 Å². The average molecular weight is 187 g/mol. The highest BCUT2D eigenvalue weighted by atomic mass is 32.2. The van der Waals surface area contributed by atoms with E-state index in [4.69, 9.17) is 10.8 Å². The van der Waals surface area contributed by atoms with Crippen molar-refractivity contribution < 1.29 is 9.90 Å². The molecule has 1 aromatic heterocycles. The number of nitrogen functional groups attached to an aromatic ring is 1. The lowest BCUT2D eigenvalue weighted by molar-refractivity contribution is 0.0694. The highest BCUT2D eigenvalue weighted by Crippen LogP contribution is 2.23. The maximum atomic E-state index is 10.7. The van der Waals surface area contributed by atoms with Crippen LogP contribution >= 0.6 is 11.8 Å². The summed E-state index contributed by atoms with van der Waals surface area (Å²) in [4.78, 5) is 10.7. The SMILES string of the molecule is CSc1c(C(=O)O)c(N)nn1C. The lowest BCUT2D eigenvalue weighted by Crippen LogP contribution is -2.01. The number of aryl methyl sites for hydroxylation is 1. The third-order valence-electron chi connectivity index (χ3n) is 1.43. The molecule has 0 amide bonds. The van der Waals surface area contributed by atoms with Crippen molar-refractivity contribution in [2.45, 2.75) is 5.03 Å². The molecule has 0 aliphatic rings. The number of nitrogens with two attached hydrogens (primary N) is 1. The molecule has 0 bridgehead atoms. The van der Waals surface area contributed by atoms with Gasteiger partial charge in [-0.25, -0.2) is 4.79 Å². The van der Waals surface area contributed by atoms with Gasteiger partial charge in [-0.1, -0.05) is 0 Å². The third kappa shape index (κ3) is 1.25. The molecule has 0 spiro atoms. The molecule has 12 heavy (non-hydrogen) atoms. The van der Waals surface area contributed by atoms with Crippen LogP contribution in [0.5, 0.6) is 0 Å². The van der Waals surface area contributed by atoms with Gasteiger partial charge in [-0.15, -0.1) is 11.8 Å². The Morgan fingerprint density at radius 1 is 1.75 bits per heavy atom. The minimum absolute atomic E-state index is 0.0642. The number of aromatic carboxylic acids is 1. The Kier molecular flexibility index (Phi) is 2.27. The number of carboxylic acid groups (broad SMARTS) is 1. The molecule has 0 fully saturated rings. The van der Waals surface area contributed by atoms with E-state index in [1.165, 1.54) is 16.4 Å². The number of nitrogens with zero attached hydrogens (tertiary/aromatic N) is 2. The van der Waals surface area contributed by atoms with Crippen molar-refractivity contribution in [3.8, 4) is 0 Å². The predicted octanol–water partition coefficient (Wildman–Crippen LogP) is 0.422. The molecule has 6 heteroatoms. The van der Waals surface area contributed by atoms with Crippen LogP contribution in [0, 0.1) is 0 Å². The largest absolute Gasteiger partial charge is 0.477 e. The fourth-order valence-corrected chi connectivity index (χ4v) is 1.66. The number of thioether (sulfide) groups is 1. The quantitative estimate of drug-likeness (QED) is 0.656. The van der Waals surface area contributed by atoms with E-state index in [0.717, 1.165) is 0 Å². The number of carboxylic acids is 1. The van der Waals surface area contributed by atoms with Gasteiger partial charge in [-0.05, 0) is 6.26 Å². The lowest BCUT2D eigenvalue weighted by atomic mass is 10.3. The second kappa shape index (κ2) is 3.06. The molecular weight excluding hydrogens is 178 g/mol. The molecular formula is C6H9N3O2S. The number of rotatable bonds is 2. The standard InChI is InChI=1S/C6H9N3O2S/c1-9-5(12-2)3(6(10)11)4(7)8-9/h1-2H3,(H2,7,8)(H,10,11). The number of anilines is 1. The molecule has 0 saturated carbocycles. The van der Waals surface area contributed by atoms with Gasteiger partial charge in [0.2, 0.25) is 0 Å². The summed E-state index contributed by atoms with van der Waals surface area (Å²) >= 11 is 1.31. The van der Waals surface area contributed by atoms with Crippen molar-refractivity contribution in [1.29, 1.82) is 0 Å². The Labute approximate surface area is 73.6 Å². The molecule has 0 aliphatic heterocycles. The summed E-state index contributed by atoms with van der Waals surface area (Å²) in [6.07, 6.45) is 1.78. The zero-order valence-electron chi connectivity index (χ0n) is 6.74. The van der Waals surface area contributed by atoms with Crippen LogP contribution in [-0.2, 0) is 7.05 Å². The van der Waals surface area contributed by atoms with Crippen molar-refractivity contribution in [2.75, 3.05) is 12.0 Å². The summed E-state index contributed by atoms with van der Waals surface area (Å²) in [6, 6.07) is 0. The maximum absolute atomic E-state index is 10.7. The minimum atomic E-state index is -1.04. The first-order valence-corrected chi connectivity index (χ1v) is 4.40. The van der Waals surface area contributed by atoms with Crippen LogP contribution in [0.3, 0.4) is 0 Å². The summed E-state index contributed by atoms with van der Waals surface area (Å²) in [7, 11) is 1.66. The lowest BCUT2D eigenvalue weighted by Gasteiger charge is -1.96. The van der Waals surface area contributed by atoms with Gasteiger partial charge in [0.05, 0.1) is 0 Å². The van der Waals surface area contributed by atoms with Crippen LogP contribution in [0.15, 0.2) is 5.03 Å². The van der Waals surface area contributed by atoms with Gasteiger partial charge in [0, 0.05) is 7.05 Å². The van der Waals surface area contributed by atoms with Crippen LogP contribution in [0.25, 0.3) is 0 Å². The van der Waals surface area contributed by atoms with E-state index < -0.39 is 5.97 Å². The summed E-state index contributed by atoms with van der Waals surface area (Å²) in [6.45, 7) is 0. The van der Waals surface area contributed by atoms with Crippen LogP contribution in [0.4, 0.5) is 5.82 Å². The molecule has 0 aromatic carbocycles. The van der Waals surface area contributed by atoms with E-state index in [1.54, 1.807) is 13.3 Å². The summed E-state index contributed by atoms with van der Waals surface area (Å²) < 4.78 is 1.46. The molecule has 66 valence electrons. The van der Waals surface area contributed by atoms with Gasteiger partial charge in [0.15, 0.2) is 5.82 Å². The van der Waals surface area contributed by atoms with Crippen molar-refractivity contribution >= 4 is 23.5 Å². The summed E-state index contributed by atoms with van der Waals surface area (Å²) in [5, 5.41) is 13.1. The van der Waals surface area contributed by atoms with Gasteiger partial charge < -0.3 is 10.8 Å². The zero-order chi connectivity index (χ0) is 9.30. The first kappa shape index (κ1) is 8.92. The molecule has 0 atom stereocenters. The van der Waals surface area contributed by atoms with Crippen LogP contribution in [0.2, 0.25) is 0 Å². The highest BCUT2D eigenvalue weighted by molar-refractivity contribution is 7.98. The van der Waals surface area contributed by atoms with E-state index in [9.17, 15) is 4.79 Å². The maximum Gasteiger partial charge on any atom is 0.342 e. The summed E-state index contributed by atoms with van der Waals surface area (Å²) in [5.74, 6) is -0.973. The van der Waals surface area contributed by atoms with Crippen molar-refractivity contribution in [3.05, 3.63) is 5.56 Å². The molecule has 0 unspecified atom stereocenters. The first-order chi connectivity index (χ1) is 5.57. The fraction of sp³-hybridized carbons (Fsp3) is 0.333. The Bertz CT molecular complexity index is 321. The van der Waals surface area contributed by atoms with Crippen LogP contribution in [0.1, 0.15) is 10.4 Å². The molecule has 0 aliphatic carbocycles. The number of carbonyl (C=O) groups is 1. The van der Waals surface area contributed by atoms with Crippen molar-refractivity contribution in [1.82, 2.24) is 9.78 Å². The van der Waals surface area contributed by atoms with Gasteiger partial charge in [-0.3, -0.25) is 4.68 Å². The smallest absolute Gasteiger partial charge is 0.342 e. The molecule has 1 heterocycles.